The van der Waals surface area contributed by atoms with E-state index in [4.69, 9.17) is 0 Å². The number of carboxylic acids is 1. The quantitative estimate of drug-likeness (QED) is 0.711. The highest BCUT2D eigenvalue weighted by atomic mass is 32.1. The van der Waals surface area contributed by atoms with Crippen LogP contribution in [0.2, 0.25) is 0 Å². The number of nitrogens with one attached hydrogen (secondary N) is 1. The zero-order valence-corrected chi connectivity index (χ0v) is 13.3. The number of ketones is 1. The van der Waals surface area contributed by atoms with Crippen LogP contribution in [0.25, 0.3) is 10.2 Å². The topological polar surface area (TPSA) is 92.2 Å². The largest absolute Gasteiger partial charge is 0.477 e. The van der Waals surface area contributed by atoms with Crippen molar-refractivity contribution in [3.05, 3.63) is 46.6 Å². The van der Waals surface area contributed by atoms with Crippen molar-refractivity contribution >= 4 is 44.8 Å². The van der Waals surface area contributed by atoms with Crippen molar-refractivity contribution in [3.8, 4) is 0 Å². The van der Waals surface area contributed by atoms with Crippen LogP contribution in [0.3, 0.4) is 0 Å². The molecule has 0 atom stereocenters. The molecule has 23 heavy (non-hydrogen) atoms. The second kappa shape index (κ2) is 5.77. The molecular weight excluding hydrogens is 314 g/mol. The minimum absolute atomic E-state index is 0.000700. The fourth-order valence-electron chi connectivity index (χ4n) is 2.30. The molecule has 0 unspecified atom stereocenters. The van der Waals surface area contributed by atoms with Crippen LogP contribution in [-0.2, 0) is 0 Å². The van der Waals surface area contributed by atoms with Gasteiger partial charge in [0.1, 0.15) is 21.9 Å². The molecule has 0 spiro atoms. The molecule has 3 rings (SSSR count). The van der Waals surface area contributed by atoms with Crippen molar-refractivity contribution in [3.63, 3.8) is 0 Å². The number of hydrogen-bond donors (Lipinski definition) is 2. The SMILES string of the molecule is CC(=O)c1ccc(Nc2ncnc3sc(C(=O)O)c(C)c23)cc1. The van der Waals surface area contributed by atoms with E-state index < -0.39 is 5.97 Å². The van der Waals surface area contributed by atoms with Crippen molar-refractivity contribution < 1.29 is 14.7 Å². The first-order valence-corrected chi connectivity index (χ1v) is 7.64. The number of carbonyl (C=O) groups is 2. The zero-order valence-electron chi connectivity index (χ0n) is 12.5. The van der Waals surface area contributed by atoms with E-state index >= 15 is 0 Å². The monoisotopic (exact) mass is 327 g/mol. The Hall–Kier alpha value is -2.80. The maximum atomic E-state index is 11.3. The summed E-state index contributed by atoms with van der Waals surface area (Å²) in [5.74, 6) is -0.421. The lowest BCUT2D eigenvalue weighted by Gasteiger charge is -2.07. The zero-order chi connectivity index (χ0) is 16.6. The number of carbonyl (C=O) groups excluding carboxylic acids is 1. The molecule has 0 aliphatic rings. The summed E-state index contributed by atoms with van der Waals surface area (Å²) in [5, 5.41) is 13.1. The second-order valence-electron chi connectivity index (χ2n) is 5.02. The summed E-state index contributed by atoms with van der Waals surface area (Å²) in [6.45, 7) is 3.26. The van der Waals surface area contributed by atoms with Crippen molar-refractivity contribution in [1.29, 1.82) is 0 Å². The summed E-state index contributed by atoms with van der Waals surface area (Å²) in [7, 11) is 0. The molecule has 0 aliphatic carbocycles. The molecule has 0 amide bonds. The van der Waals surface area contributed by atoms with Crippen molar-refractivity contribution in [2.24, 2.45) is 0 Å². The molecule has 0 radical (unpaired) electrons. The van der Waals surface area contributed by atoms with Gasteiger partial charge >= 0.3 is 5.97 Å². The van der Waals surface area contributed by atoms with Crippen molar-refractivity contribution in [1.82, 2.24) is 9.97 Å². The first-order chi connectivity index (χ1) is 11.0. The van der Waals surface area contributed by atoms with Gasteiger partial charge in [0.2, 0.25) is 0 Å². The van der Waals surface area contributed by atoms with Crippen LogP contribution in [0.4, 0.5) is 11.5 Å². The highest BCUT2D eigenvalue weighted by Gasteiger charge is 2.18. The number of thiophene rings is 1. The summed E-state index contributed by atoms with van der Waals surface area (Å²) >= 11 is 1.13. The number of aromatic carboxylic acids is 1. The maximum Gasteiger partial charge on any atom is 0.346 e. The lowest BCUT2D eigenvalue weighted by atomic mass is 10.1. The van der Waals surface area contributed by atoms with Crippen LogP contribution < -0.4 is 5.32 Å². The summed E-state index contributed by atoms with van der Waals surface area (Å²) < 4.78 is 0. The summed E-state index contributed by atoms with van der Waals surface area (Å²) in [6.07, 6.45) is 1.40. The average Bonchev–Trinajstić information content (AvgIpc) is 2.86. The molecule has 2 N–H and O–H groups in total. The second-order valence-corrected chi connectivity index (χ2v) is 6.02. The molecule has 7 heteroatoms. The van der Waals surface area contributed by atoms with E-state index in [0.29, 0.717) is 27.2 Å². The maximum absolute atomic E-state index is 11.3. The number of carboxylic acid groups (broad SMARTS) is 1. The van der Waals surface area contributed by atoms with E-state index in [9.17, 15) is 14.7 Å². The predicted molar refractivity (Wildman–Crippen MR) is 88.8 cm³/mol. The number of anilines is 2. The molecule has 1 aromatic carbocycles. The van der Waals surface area contributed by atoms with Crippen LogP contribution in [0.5, 0.6) is 0 Å². The number of aromatic nitrogens is 2. The van der Waals surface area contributed by atoms with Gasteiger partial charge in [-0.25, -0.2) is 14.8 Å². The molecule has 0 fully saturated rings. The molecular formula is C16H13N3O3S. The summed E-state index contributed by atoms with van der Waals surface area (Å²) in [4.78, 5) is 31.8. The molecule has 2 aromatic heterocycles. The van der Waals surface area contributed by atoms with Gasteiger partial charge in [0.05, 0.1) is 5.39 Å². The lowest BCUT2D eigenvalue weighted by Crippen LogP contribution is -1.98. The van der Waals surface area contributed by atoms with Crippen molar-refractivity contribution in [2.75, 3.05) is 5.32 Å². The molecule has 2 heterocycles. The van der Waals surface area contributed by atoms with Gasteiger partial charge in [-0.3, -0.25) is 4.79 Å². The molecule has 0 saturated heterocycles. The minimum atomic E-state index is -0.970. The molecule has 116 valence electrons. The van der Waals surface area contributed by atoms with E-state index in [2.05, 4.69) is 15.3 Å². The van der Waals surface area contributed by atoms with E-state index in [1.54, 1.807) is 31.2 Å². The third kappa shape index (κ3) is 2.78. The van der Waals surface area contributed by atoms with E-state index in [1.165, 1.54) is 13.3 Å². The Labute approximate surface area is 135 Å². The number of aryl methyl sites for hydroxylation is 1. The van der Waals surface area contributed by atoms with Gasteiger partial charge in [0.15, 0.2) is 5.78 Å². The Morgan fingerprint density at radius 1 is 1.17 bits per heavy atom. The van der Waals surface area contributed by atoms with E-state index in [1.807, 2.05) is 0 Å². The Bertz CT molecular complexity index is 916. The smallest absolute Gasteiger partial charge is 0.346 e. The molecule has 3 aromatic rings. The normalized spacial score (nSPS) is 10.7. The van der Waals surface area contributed by atoms with Crippen LogP contribution in [0.1, 0.15) is 32.5 Å². The fraction of sp³-hybridized carbons (Fsp3) is 0.125. The number of rotatable bonds is 4. The molecule has 0 aliphatic heterocycles. The van der Waals surface area contributed by atoms with E-state index in [-0.39, 0.29) is 10.7 Å². The number of Topliss-reactive ketones (excluding diaryl/α,β-unsaturated/α-hetero) is 1. The third-order valence-electron chi connectivity index (χ3n) is 3.48. The number of fused-ring (bicyclic) bond motifs is 1. The highest BCUT2D eigenvalue weighted by Crippen LogP contribution is 2.34. The fourth-order valence-corrected chi connectivity index (χ4v) is 3.28. The van der Waals surface area contributed by atoms with Gasteiger partial charge in [-0.1, -0.05) is 0 Å². The van der Waals surface area contributed by atoms with Gasteiger partial charge in [0, 0.05) is 11.3 Å². The first kappa shape index (κ1) is 15.1. The Balaban J connectivity index is 2.03. The van der Waals surface area contributed by atoms with Gasteiger partial charge in [-0.15, -0.1) is 11.3 Å². The Morgan fingerprint density at radius 2 is 1.87 bits per heavy atom. The van der Waals surface area contributed by atoms with Gasteiger partial charge < -0.3 is 10.4 Å². The van der Waals surface area contributed by atoms with Crippen LogP contribution in [0, 0.1) is 6.92 Å². The molecule has 6 nitrogen and oxygen atoms in total. The van der Waals surface area contributed by atoms with Gasteiger partial charge in [-0.05, 0) is 43.7 Å². The predicted octanol–water partition coefficient (Wildman–Crippen LogP) is 3.64. The van der Waals surface area contributed by atoms with E-state index in [0.717, 1.165) is 17.0 Å². The lowest BCUT2D eigenvalue weighted by molar-refractivity contribution is 0.0701. The van der Waals surface area contributed by atoms with Gasteiger partial charge in [-0.2, -0.15) is 0 Å². The highest BCUT2D eigenvalue weighted by molar-refractivity contribution is 7.20. The standard InChI is InChI=1S/C16H13N3O3S/c1-8-12-14(17-7-18-15(12)23-13(8)16(21)22)19-11-5-3-10(4-6-11)9(2)20/h3-7H,1-2H3,(H,21,22)(H,17,18,19). The average molecular weight is 327 g/mol. The Kier molecular flexibility index (Phi) is 3.79. The summed E-state index contributed by atoms with van der Waals surface area (Å²) in [6, 6.07) is 7.02. The van der Waals surface area contributed by atoms with Crippen LogP contribution in [0.15, 0.2) is 30.6 Å². The molecule has 0 saturated carbocycles. The van der Waals surface area contributed by atoms with Crippen LogP contribution >= 0.6 is 11.3 Å². The van der Waals surface area contributed by atoms with Crippen LogP contribution in [-0.4, -0.2) is 26.8 Å². The summed E-state index contributed by atoms with van der Waals surface area (Å²) in [5.41, 5.74) is 2.03. The molecule has 0 bridgehead atoms. The van der Waals surface area contributed by atoms with Crippen molar-refractivity contribution in [2.45, 2.75) is 13.8 Å². The number of benzene rings is 1. The minimum Gasteiger partial charge on any atom is -0.477 e. The first-order valence-electron chi connectivity index (χ1n) is 6.83. The third-order valence-corrected chi connectivity index (χ3v) is 4.66. The number of hydrogen-bond acceptors (Lipinski definition) is 6. The Morgan fingerprint density at radius 3 is 2.48 bits per heavy atom. The number of nitrogens with zero attached hydrogens (tertiary/aromatic N) is 2. The van der Waals surface area contributed by atoms with Gasteiger partial charge in [0.25, 0.3) is 0 Å².